The molecule has 0 spiro atoms. The lowest BCUT2D eigenvalue weighted by Gasteiger charge is -2.10. The number of aromatic nitrogens is 2. The Morgan fingerprint density at radius 1 is 1.20 bits per heavy atom. The third-order valence-electron chi connectivity index (χ3n) is 2.98. The summed E-state index contributed by atoms with van der Waals surface area (Å²) in [5.41, 5.74) is 1.61. The highest BCUT2D eigenvalue weighted by molar-refractivity contribution is 14.1. The molecule has 1 heterocycles. The molecule has 102 valence electrons. The van der Waals surface area contributed by atoms with Crippen LogP contribution in [0.5, 0.6) is 0 Å². The second-order valence-corrected chi connectivity index (χ2v) is 5.63. The van der Waals surface area contributed by atoms with E-state index in [2.05, 4.69) is 4.98 Å². The zero-order chi connectivity index (χ0) is 14.3. The monoisotopic (exact) mass is 404 g/mol. The van der Waals surface area contributed by atoms with Crippen LogP contribution in [0, 0.1) is 15.2 Å². The Labute approximate surface area is 132 Å². The largest absolute Gasteiger partial charge is 0.294 e. The molecule has 1 aromatic heterocycles. The van der Waals surface area contributed by atoms with Crippen molar-refractivity contribution >= 4 is 45.2 Å². The minimum Gasteiger partial charge on any atom is -0.294 e. The van der Waals surface area contributed by atoms with Gasteiger partial charge in [-0.25, -0.2) is 13.8 Å². The molecule has 0 bridgehead atoms. The van der Waals surface area contributed by atoms with Crippen LogP contribution in [0.3, 0.4) is 0 Å². The summed E-state index contributed by atoms with van der Waals surface area (Å²) in [7, 11) is 0. The molecule has 0 atom stereocenters. The van der Waals surface area contributed by atoms with Crippen molar-refractivity contribution in [2.24, 2.45) is 0 Å². The second-order valence-electron chi connectivity index (χ2n) is 4.20. The molecule has 0 aliphatic rings. The van der Waals surface area contributed by atoms with Gasteiger partial charge in [-0.3, -0.25) is 4.57 Å². The van der Waals surface area contributed by atoms with Crippen LogP contribution in [0.2, 0.25) is 0 Å². The van der Waals surface area contributed by atoms with E-state index in [9.17, 15) is 8.78 Å². The summed E-state index contributed by atoms with van der Waals surface area (Å²) in [5, 5.41) is 0. The van der Waals surface area contributed by atoms with E-state index in [1.807, 2.05) is 22.6 Å². The van der Waals surface area contributed by atoms with Crippen molar-refractivity contribution < 1.29 is 8.78 Å². The van der Waals surface area contributed by atoms with Gasteiger partial charge in [-0.2, -0.15) is 0 Å². The highest BCUT2D eigenvalue weighted by Crippen LogP contribution is 2.27. The first kappa shape index (κ1) is 13.8. The third-order valence-corrected chi connectivity index (χ3v) is 4.08. The van der Waals surface area contributed by atoms with Crippen LogP contribution in [0.4, 0.5) is 8.78 Å². The number of imidazole rings is 1. The summed E-state index contributed by atoms with van der Waals surface area (Å²) in [4.78, 5) is 4.23. The van der Waals surface area contributed by atoms with Gasteiger partial charge in [0.15, 0.2) is 5.82 Å². The average Bonchev–Trinajstić information content (AvgIpc) is 2.79. The summed E-state index contributed by atoms with van der Waals surface area (Å²) in [6.07, 6.45) is 0. The normalized spacial score (nSPS) is 11.2. The Kier molecular flexibility index (Phi) is 3.64. The van der Waals surface area contributed by atoms with Gasteiger partial charge in [-0.05, 0) is 52.9 Å². The number of alkyl halides is 1. The van der Waals surface area contributed by atoms with Gasteiger partial charge in [0.1, 0.15) is 17.2 Å². The minimum absolute atomic E-state index is 0.140. The number of rotatable bonds is 2. The van der Waals surface area contributed by atoms with Crippen LogP contribution in [0.25, 0.3) is 16.7 Å². The van der Waals surface area contributed by atoms with Crippen LogP contribution in [0.1, 0.15) is 5.82 Å². The standard InChI is InChI=1S/C14H8ClF2IN2/c15-7-13-19-14-9(17)2-1-3-12(14)20(13)11-5-4-8(16)6-10(11)18/h1-6H,7H2. The highest BCUT2D eigenvalue weighted by Gasteiger charge is 2.16. The van der Waals surface area contributed by atoms with E-state index in [0.29, 0.717) is 14.9 Å². The van der Waals surface area contributed by atoms with Crippen molar-refractivity contribution in [3.05, 3.63) is 57.4 Å². The van der Waals surface area contributed by atoms with Gasteiger partial charge in [0.25, 0.3) is 0 Å². The number of hydrogen-bond donors (Lipinski definition) is 0. The first-order chi connectivity index (χ1) is 9.61. The third kappa shape index (κ3) is 2.18. The van der Waals surface area contributed by atoms with Crippen LogP contribution in [-0.4, -0.2) is 9.55 Å². The lowest BCUT2D eigenvalue weighted by Crippen LogP contribution is -2.02. The lowest BCUT2D eigenvalue weighted by molar-refractivity contribution is 0.626. The molecule has 0 fully saturated rings. The number of fused-ring (bicyclic) bond motifs is 1. The Bertz CT molecular complexity index is 801. The van der Waals surface area contributed by atoms with Gasteiger partial charge in [0.05, 0.1) is 17.1 Å². The van der Waals surface area contributed by atoms with Crippen LogP contribution >= 0.6 is 34.2 Å². The van der Waals surface area contributed by atoms with Crippen molar-refractivity contribution in [2.45, 2.75) is 5.88 Å². The minimum atomic E-state index is -0.398. The fraction of sp³-hybridized carbons (Fsp3) is 0.0714. The van der Waals surface area contributed by atoms with Gasteiger partial charge in [-0.15, -0.1) is 11.6 Å². The van der Waals surface area contributed by atoms with Crippen molar-refractivity contribution in [1.82, 2.24) is 9.55 Å². The average molecular weight is 405 g/mol. The van der Waals surface area contributed by atoms with Gasteiger partial charge < -0.3 is 0 Å². The van der Waals surface area contributed by atoms with Crippen LogP contribution in [0.15, 0.2) is 36.4 Å². The smallest absolute Gasteiger partial charge is 0.151 e. The molecular weight excluding hydrogens is 397 g/mol. The van der Waals surface area contributed by atoms with E-state index in [-0.39, 0.29) is 17.2 Å². The first-order valence-electron chi connectivity index (χ1n) is 5.79. The Morgan fingerprint density at radius 3 is 2.70 bits per heavy atom. The number of nitrogens with zero attached hydrogens (tertiary/aromatic N) is 2. The van der Waals surface area contributed by atoms with Gasteiger partial charge in [0, 0.05) is 3.57 Å². The molecule has 0 aliphatic heterocycles. The van der Waals surface area contributed by atoms with Crippen molar-refractivity contribution in [2.75, 3.05) is 0 Å². The highest BCUT2D eigenvalue weighted by atomic mass is 127. The molecule has 2 aromatic carbocycles. The molecule has 0 saturated heterocycles. The van der Waals surface area contributed by atoms with Crippen molar-refractivity contribution in [3.63, 3.8) is 0 Å². The fourth-order valence-electron chi connectivity index (χ4n) is 2.13. The molecule has 0 saturated carbocycles. The number of hydrogen-bond acceptors (Lipinski definition) is 1. The molecule has 2 nitrogen and oxygen atoms in total. The SMILES string of the molecule is Fc1ccc(-n2c(CCl)nc3c(F)cccc32)c(I)c1. The quantitative estimate of drug-likeness (QED) is 0.449. The van der Waals surface area contributed by atoms with Gasteiger partial charge in [-0.1, -0.05) is 6.07 Å². The summed E-state index contributed by atoms with van der Waals surface area (Å²) in [5.74, 6) is -0.0520. The summed E-state index contributed by atoms with van der Waals surface area (Å²) < 4.78 is 29.5. The second kappa shape index (κ2) is 5.29. The van der Waals surface area contributed by atoms with Crippen molar-refractivity contribution in [1.29, 1.82) is 0 Å². The topological polar surface area (TPSA) is 17.8 Å². The van der Waals surface area contributed by atoms with E-state index < -0.39 is 5.82 Å². The molecule has 0 unspecified atom stereocenters. The molecule has 20 heavy (non-hydrogen) atoms. The van der Waals surface area contributed by atoms with E-state index in [1.54, 1.807) is 22.8 Å². The maximum Gasteiger partial charge on any atom is 0.151 e. The molecule has 6 heteroatoms. The Hall–Kier alpha value is -1.21. The summed E-state index contributed by atoms with van der Waals surface area (Å²) in [6, 6.07) is 9.15. The number of halogens is 4. The first-order valence-corrected chi connectivity index (χ1v) is 7.40. The van der Waals surface area contributed by atoms with Crippen LogP contribution in [-0.2, 0) is 5.88 Å². The van der Waals surface area contributed by atoms with E-state index in [0.717, 1.165) is 5.69 Å². The lowest BCUT2D eigenvalue weighted by atomic mass is 10.2. The predicted molar refractivity (Wildman–Crippen MR) is 83.3 cm³/mol. The fourth-order valence-corrected chi connectivity index (χ4v) is 3.03. The zero-order valence-corrected chi connectivity index (χ0v) is 13.0. The maximum absolute atomic E-state index is 13.8. The van der Waals surface area contributed by atoms with E-state index in [4.69, 9.17) is 11.6 Å². The van der Waals surface area contributed by atoms with Crippen molar-refractivity contribution in [3.8, 4) is 5.69 Å². The van der Waals surface area contributed by atoms with Gasteiger partial charge in [0.2, 0.25) is 0 Å². The maximum atomic E-state index is 13.8. The molecule has 0 N–H and O–H groups in total. The molecule has 0 amide bonds. The number of benzene rings is 2. The number of para-hydroxylation sites is 1. The van der Waals surface area contributed by atoms with E-state index >= 15 is 0 Å². The molecule has 3 aromatic rings. The molecular formula is C14H8ClF2IN2. The van der Waals surface area contributed by atoms with Gasteiger partial charge >= 0.3 is 0 Å². The predicted octanol–water partition coefficient (Wildman–Crippen LogP) is 4.65. The zero-order valence-electron chi connectivity index (χ0n) is 10.1. The Balaban J connectivity index is 2.37. The van der Waals surface area contributed by atoms with E-state index in [1.165, 1.54) is 18.2 Å². The molecule has 0 radical (unpaired) electrons. The Morgan fingerprint density at radius 2 is 2.00 bits per heavy atom. The van der Waals surface area contributed by atoms with Crippen LogP contribution < -0.4 is 0 Å². The molecule has 3 rings (SSSR count). The summed E-state index contributed by atoms with van der Waals surface area (Å²) >= 11 is 7.94. The summed E-state index contributed by atoms with van der Waals surface area (Å²) in [6.45, 7) is 0. The molecule has 0 aliphatic carbocycles.